The summed E-state index contributed by atoms with van der Waals surface area (Å²) in [4.78, 5) is 11.7. The van der Waals surface area contributed by atoms with Crippen LogP contribution in [-0.2, 0) is 4.74 Å². The average Bonchev–Trinajstić information content (AvgIpc) is 2.73. The van der Waals surface area contributed by atoms with Crippen molar-refractivity contribution in [2.45, 2.75) is 6.92 Å². The number of H-pyrrole nitrogens is 1. The molecule has 2 aromatic rings. The van der Waals surface area contributed by atoms with E-state index in [1.54, 1.807) is 19.1 Å². The number of halogens is 1. The van der Waals surface area contributed by atoms with Crippen LogP contribution in [0.15, 0.2) is 18.3 Å². The fraction of sp³-hybridized carbons (Fsp3) is 0.200. The minimum absolute atomic E-state index is 0.129. The summed E-state index contributed by atoms with van der Waals surface area (Å²) < 4.78 is 4.90. The zero-order chi connectivity index (χ0) is 12.3. The van der Waals surface area contributed by atoms with Crippen LogP contribution in [-0.4, -0.2) is 33.0 Å². The van der Waals surface area contributed by atoms with Crippen LogP contribution < -0.4 is 0 Å². The molecule has 0 unspecified atom stereocenters. The van der Waals surface area contributed by atoms with Gasteiger partial charge in [-0.1, -0.05) is 11.6 Å². The molecule has 0 spiro atoms. The second-order valence-electron chi connectivity index (χ2n) is 3.09. The molecule has 88 valence electrons. The van der Waals surface area contributed by atoms with Gasteiger partial charge in [-0.15, -0.1) is 5.10 Å². The highest BCUT2D eigenvalue weighted by Gasteiger charge is 2.22. The van der Waals surface area contributed by atoms with Gasteiger partial charge in [-0.3, -0.25) is 5.10 Å². The van der Waals surface area contributed by atoms with Crippen molar-refractivity contribution in [2.24, 2.45) is 0 Å². The molecule has 0 saturated carbocycles. The molecule has 17 heavy (non-hydrogen) atoms. The number of nitrogens with one attached hydrogen (secondary N) is 1. The van der Waals surface area contributed by atoms with Crippen LogP contribution in [0, 0.1) is 0 Å². The summed E-state index contributed by atoms with van der Waals surface area (Å²) in [7, 11) is 0. The van der Waals surface area contributed by atoms with Gasteiger partial charge in [-0.2, -0.15) is 10.2 Å². The Morgan fingerprint density at radius 2 is 2.41 bits per heavy atom. The number of ether oxygens (including phenoxy) is 1. The van der Waals surface area contributed by atoms with E-state index in [9.17, 15) is 4.79 Å². The molecule has 0 atom stereocenters. The highest BCUT2D eigenvalue weighted by Crippen LogP contribution is 2.25. The quantitative estimate of drug-likeness (QED) is 0.841. The van der Waals surface area contributed by atoms with Crippen LogP contribution in [0.1, 0.15) is 17.3 Å². The molecule has 0 fully saturated rings. The first-order valence-electron chi connectivity index (χ1n) is 4.93. The normalized spacial score (nSPS) is 10.2. The summed E-state index contributed by atoms with van der Waals surface area (Å²) in [5.74, 6) is -0.535. The maximum atomic E-state index is 11.7. The number of hydrogen-bond acceptors (Lipinski definition) is 5. The highest BCUT2D eigenvalue weighted by atomic mass is 35.5. The number of hydrogen-bond donors (Lipinski definition) is 1. The zero-order valence-electron chi connectivity index (χ0n) is 8.98. The van der Waals surface area contributed by atoms with E-state index < -0.39 is 5.97 Å². The Kier molecular flexibility index (Phi) is 3.34. The zero-order valence-corrected chi connectivity index (χ0v) is 9.73. The Morgan fingerprint density at radius 3 is 3.06 bits per heavy atom. The van der Waals surface area contributed by atoms with Gasteiger partial charge >= 0.3 is 5.97 Å². The molecule has 2 rings (SSSR count). The number of carbonyl (C=O) groups is 1. The highest BCUT2D eigenvalue weighted by molar-refractivity contribution is 6.33. The first-order valence-corrected chi connectivity index (χ1v) is 5.31. The van der Waals surface area contributed by atoms with Crippen molar-refractivity contribution in [3.8, 4) is 11.4 Å². The van der Waals surface area contributed by atoms with E-state index in [4.69, 9.17) is 16.3 Å². The summed E-state index contributed by atoms with van der Waals surface area (Å²) in [6, 6.07) is 3.38. The van der Waals surface area contributed by atoms with Gasteiger partial charge in [0.2, 0.25) is 0 Å². The topological polar surface area (TPSA) is 80.8 Å². The van der Waals surface area contributed by atoms with Crippen LogP contribution in [0.4, 0.5) is 0 Å². The van der Waals surface area contributed by atoms with Crippen LogP contribution in [0.3, 0.4) is 0 Å². The predicted molar refractivity (Wildman–Crippen MR) is 60.6 cm³/mol. The van der Waals surface area contributed by atoms with Gasteiger partial charge in [0.15, 0.2) is 0 Å². The molecule has 0 amide bonds. The van der Waals surface area contributed by atoms with Crippen LogP contribution >= 0.6 is 11.6 Å². The molecular formula is C10H9ClN4O2. The summed E-state index contributed by atoms with van der Waals surface area (Å²) in [6.07, 6.45) is 1.53. The standard InChI is InChI=1S/C10H9ClN4O2/c1-2-17-10(16)7-8(14-15-9(7)11)6-4-3-5-12-13-6/h3-5H,2H2,1H3,(H,14,15). The van der Waals surface area contributed by atoms with Crippen molar-refractivity contribution in [1.82, 2.24) is 20.4 Å². The van der Waals surface area contributed by atoms with E-state index in [2.05, 4.69) is 20.4 Å². The molecule has 0 aliphatic heterocycles. The third kappa shape index (κ3) is 2.26. The molecular weight excluding hydrogens is 244 g/mol. The molecule has 0 radical (unpaired) electrons. The molecule has 2 aromatic heterocycles. The number of nitrogens with zero attached hydrogens (tertiary/aromatic N) is 3. The fourth-order valence-corrected chi connectivity index (χ4v) is 1.53. The molecule has 7 heteroatoms. The van der Waals surface area contributed by atoms with Crippen molar-refractivity contribution >= 4 is 17.6 Å². The SMILES string of the molecule is CCOC(=O)c1c(-c2cccnn2)n[nH]c1Cl. The minimum Gasteiger partial charge on any atom is -0.462 e. The summed E-state index contributed by atoms with van der Waals surface area (Å²) >= 11 is 5.86. The summed E-state index contributed by atoms with van der Waals surface area (Å²) in [5.41, 5.74) is 0.967. The lowest BCUT2D eigenvalue weighted by molar-refractivity contribution is 0.0527. The minimum atomic E-state index is -0.535. The molecule has 0 aliphatic carbocycles. The lowest BCUT2D eigenvalue weighted by Gasteiger charge is -2.01. The van der Waals surface area contributed by atoms with Gasteiger partial charge in [0, 0.05) is 6.20 Å². The van der Waals surface area contributed by atoms with Gasteiger partial charge in [0.25, 0.3) is 0 Å². The maximum Gasteiger partial charge on any atom is 0.343 e. The number of rotatable bonds is 3. The van der Waals surface area contributed by atoms with Crippen molar-refractivity contribution in [3.63, 3.8) is 0 Å². The van der Waals surface area contributed by atoms with Gasteiger partial charge in [-0.25, -0.2) is 4.79 Å². The van der Waals surface area contributed by atoms with Crippen LogP contribution in [0.2, 0.25) is 5.15 Å². The van der Waals surface area contributed by atoms with Gasteiger partial charge in [0.1, 0.15) is 22.1 Å². The third-order valence-corrected chi connectivity index (χ3v) is 2.29. The summed E-state index contributed by atoms with van der Waals surface area (Å²) in [6.45, 7) is 1.98. The van der Waals surface area contributed by atoms with E-state index >= 15 is 0 Å². The molecule has 1 N–H and O–H groups in total. The largest absolute Gasteiger partial charge is 0.462 e. The van der Waals surface area contributed by atoms with Crippen molar-refractivity contribution in [3.05, 3.63) is 29.0 Å². The fourth-order valence-electron chi connectivity index (χ4n) is 1.32. The van der Waals surface area contributed by atoms with Crippen molar-refractivity contribution in [2.75, 3.05) is 6.61 Å². The molecule has 0 aromatic carbocycles. The number of carbonyl (C=O) groups excluding carboxylic acids is 1. The average molecular weight is 253 g/mol. The van der Waals surface area contributed by atoms with Gasteiger partial charge in [0.05, 0.1) is 6.61 Å². The lowest BCUT2D eigenvalue weighted by atomic mass is 10.2. The van der Waals surface area contributed by atoms with E-state index in [0.717, 1.165) is 0 Å². The van der Waals surface area contributed by atoms with E-state index in [0.29, 0.717) is 11.4 Å². The Morgan fingerprint density at radius 1 is 1.59 bits per heavy atom. The molecule has 2 heterocycles. The number of esters is 1. The first-order chi connectivity index (χ1) is 8.24. The Labute approximate surface area is 102 Å². The van der Waals surface area contributed by atoms with Crippen molar-refractivity contribution in [1.29, 1.82) is 0 Å². The van der Waals surface area contributed by atoms with Crippen molar-refractivity contribution < 1.29 is 9.53 Å². The Balaban J connectivity index is 2.46. The molecule has 6 nitrogen and oxygen atoms in total. The van der Waals surface area contributed by atoms with E-state index in [1.165, 1.54) is 6.20 Å². The van der Waals surface area contributed by atoms with E-state index in [-0.39, 0.29) is 17.3 Å². The van der Waals surface area contributed by atoms with E-state index in [1.807, 2.05) is 0 Å². The smallest absolute Gasteiger partial charge is 0.343 e. The van der Waals surface area contributed by atoms with Crippen LogP contribution in [0.5, 0.6) is 0 Å². The third-order valence-electron chi connectivity index (χ3n) is 2.02. The molecule has 0 aliphatic rings. The number of aromatic amines is 1. The second kappa shape index (κ2) is 4.92. The molecule has 0 bridgehead atoms. The Bertz CT molecular complexity index is 526. The van der Waals surface area contributed by atoms with Gasteiger partial charge < -0.3 is 4.74 Å². The lowest BCUT2D eigenvalue weighted by Crippen LogP contribution is -2.06. The van der Waals surface area contributed by atoms with Gasteiger partial charge in [-0.05, 0) is 19.1 Å². The molecule has 0 saturated heterocycles. The monoisotopic (exact) mass is 252 g/mol. The first kappa shape index (κ1) is 11.5. The Hall–Kier alpha value is -1.95. The maximum absolute atomic E-state index is 11.7. The predicted octanol–water partition coefficient (Wildman–Crippen LogP) is 1.70. The summed E-state index contributed by atoms with van der Waals surface area (Å²) in [5, 5.41) is 14.2. The van der Waals surface area contributed by atoms with Crippen LogP contribution in [0.25, 0.3) is 11.4 Å². The second-order valence-corrected chi connectivity index (χ2v) is 3.47. The number of aromatic nitrogens is 4.